The lowest BCUT2D eigenvalue weighted by Crippen LogP contribution is -2.52. The first-order valence-corrected chi connectivity index (χ1v) is 6.97. The van der Waals surface area contributed by atoms with Crippen LogP contribution < -0.4 is 0 Å². The first kappa shape index (κ1) is 13.6. The van der Waals surface area contributed by atoms with Crippen LogP contribution in [0.25, 0.3) is 0 Å². The molecule has 0 aromatic heterocycles. The van der Waals surface area contributed by atoms with Crippen molar-refractivity contribution in [1.82, 2.24) is 4.90 Å². The number of nitrogens with zero attached hydrogens (tertiary/aromatic N) is 1. The van der Waals surface area contributed by atoms with E-state index in [-0.39, 0.29) is 5.54 Å². The zero-order chi connectivity index (χ0) is 13.2. The molecule has 2 rings (SSSR count). The zero-order valence-corrected chi connectivity index (χ0v) is 11.8. The Balaban J connectivity index is 2.30. The summed E-state index contributed by atoms with van der Waals surface area (Å²) >= 11 is 0. The third-order valence-corrected chi connectivity index (χ3v) is 4.52. The number of aliphatic hydroxyl groups is 1. The number of hydrogen-bond donors (Lipinski definition) is 1. The van der Waals surface area contributed by atoms with Crippen molar-refractivity contribution in [3.63, 3.8) is 0 Å². The van der Waals surface area contributed by atoms with Crippen LogP contribution in [0.2, 0.25) is 0 Å². The van der Waals surface area contributed by atoms with Gasteiger partial charge in [0.1, 0.15) is 0 Å². The maximum absolute atomic E-state index is 10.8. The largest absolute Gasteiger partial charge is 0.386 e. The monoisotopic (exact) mass is 247 g/mol. The molecule has 0 aliphatic heterocycles. The summed E-state index contributed by atoms with van der Waals surface area (Å²) in [4.78, 5) is 2.24. The fourth-order valence-electron chi connectivity index (χ4n) is 3.41. The summed E-state index contributed by atoms with van der Waals surface area (Å²) in [5.41, 5.74) is 0.944. The van der Waals surface area contributed by atoms with Crippen LogP contribution in [-0.4, -0.2) is 29.6 Å². The van der Waals surface area contributed by atoms with Gasteiger partial charge in [-0.2, -0.15) is 0 Å². The van der Waals surface area contributed by atoms with Gasteiger partial charge in [-0.1, -0.05) is 50.1 Å². The van der Waals surface area contributed by atoms with Crippen molar-refractivity contribution in [2.45, 2.75) is 44.2 Å². The average molecular weight is 247 g/mol. The van der Waals surface area contributed by atoms with Crippen molar-refractivity contribution < 1.29 is 5.11 Å². The number of benzene rings is 1. The molecule has 0 bridgehead atoms. The highest BCUT2D eigenvalue weighted by Crippen LogP contribution is 2.43. The Hall–Kier alpha value is -0.860. The first-order chi connectivity index (χ1) is 8.56. The number of hydrogen-bond acceptors (Lipinski definition) is 2. The second-order valence-corrected chi connectivity index (χ2v) is 6.01. The lowest BCUT2D eigenvalue weighted by molar-refractivity contribution is -0.0450. The Labute approximate surface area is 111 Å². The summed E-state index contributed by atoms with van der Waals surface area (Å²) in [6, 6.07) is 10.1. The van der Waals surface area contributed by atoms with Gasteiger partial charge in [0.2, 0.25) is 0 Å². The molecule has 3 atom stereocenters. The van der Waals surface area contributed by atoms with E-state index in [0.29, 0.717) is 5.92 Å². The van der Waals surface area contributed by atoms with Crippen LogP contribution >= 0.6 is 0 Å². The zero-order valence-electron chi connectivity index (χ0n) is 11.8. The molecule has 1 aliphatic rings. The van der Waals surface area contributed by atoms with Gasteiger partial charge in [0, 0.05) is 0 Å². The highest BCUT2D eigenvalue weighted by atomic mass is 16.3. The van der Waals surface area contributed by atoms with Crippen LogP contribution in [0.3, 0.4) is 0 Å². The van der Waals surface area contributed by atoms with Gasteiger partial charge in [0.05, 0.1) is 11.6 Å². The molecule has 1 aliphatic carbocycles. The molecule has 0 heterocycles. The topological polar surface area (TPSA) is 23.5 Å². The smallest absolute Gasteiger partial charge is 0.0973 e. The molecule has 18 heavy (non-hydrogen) atoms. The van der Waals surface area contributed by atoms with E-state index in [1.807, 2.05) is 30.3 Å². The van der Waals surface area contributed by atoms with Gasteiger partial charge >= 0.3 is 0 Å². The van der Waals surface area contributed by atoms with Crippen molar-refractivity contribution in [2.24, 2.45) is 5.92 Å². The molecule has 100 valence electrons. The number of likely N-dealkylation sites (N-methyl/N-ethyl adjacent to an activating group) is 1. The van der Waals surface area contributed by atoms with Crippen molar-refractivity contribution in [1.29, 1.82) is 0 Å². The van der Waals surface area contributed by atoms with Crippen LogP contribution in [-0.2, 0) is 0 Å². The first-order valence-electron chi connectivity index (χ1n) is 6.97. The maximum atomic E-state index is 10.8. The number of aliphatic hydroxyl groups excluding tert-OH is 1. The molecular weight excluding hydrogens is 222 g/mol. The standard InChI is InChI=1S/C16H25NO/c1-13-8-7-11-16(12-13,17(2)3)15(18)14-9-5-4-6-10-14/h4-6,9-10,13,15,18H,7-8,11-12H2,1-3H3. The van der Waals surface area contributed by atoms with Gasteiger partial charge in [-0.3, -0.25) is 0 Å². The molecule has 0 amide bonds. The van der Waals surface area contributed by atoms with Crippen molar-refractivity contribution >= 4 is 0 Å². The van der Waals surface area contributed by atoms with Crippen LogP contribution in [0.4, 0.5) is 0 Å². The highest BCUT2D eigenvalue weighted by molar-refractivity contribution is 5.22. The van der Waals surface area contributed by atoms with E-state index in [0.717, 1.165) is 18.4 Å². The van der Waals surface area contributed by atoms with E-state index >= 15 is 0 Å². The van der Waals surface area contributed by atoms with Crippen LogP contribution in [0.15, 0.2) is 30.3 Å². The van der Waals surface area contributed by atoms with Crippen molar-refractivity contribution in [2.75, 3.05) is 14.1 Å². The molecule has 2 nitrogen and oxygen atoms in total. The predicted molar refractivity (Wildman–Crippen MR) is 75.5 cm³/mol. The van der Waals surface area contributed by atoms with Crippen molar-refractivity contribution in [3.8, 4) is 0 Å². The fourth-order valence-corrected chi connectivity index (χ4v) is 3.41. The average Bonchev–Trinajstić information content (AvgIpc) is 2.38. The quantitative estimate of drug-likeness (QED) is 0.886. The fraction of sp³-hybridized carbons (Fsp3) is 0.625. The minimum Gasteiger partial charge on any atom is -0.386 e. The summed E-state index contributed by atoms with van der Waals surface area (Å²) in [6.45, 7) is 2.30. The molecule has 0 radical (unpaired) electrons. The number of rotatable bonds is 3. The Bertz CT molecular complexity index is 376. The summed E-state index contributed by atoms with van der Waals surface area (Å²) in [7, 11) is 4.20. The molecule has 1 aromatic carbocycles. The summed E-state index contributed by atoms with van der Waals surface area (Å²) in [5.74, 6) is 0.694. The molecule has 0 spiro atoms. The molecule has 0 saturated heterocycles. The molecule has 3 unspecified atom stereocenters. The van der Waals surface area contributed by atoms with Gasteiger partial charge < -0.3 is 10.0 Å². The Morgan fingerprint density at radius 3 is 2.50 bits per heavy atom. The highest BCUT2D eigenvalue weighted by Gasteiger charge is 2.43. The Morgan fingerprint density at radius 2 is 1.94 bits per heavy atom. The van der Waals surface area contributed by atoms with E-state index in [4.69, 9.17) is 0 Å². The van der Waals surface area contributed by atoms with Gasteiger partial charge in [0.25, 0.3) is 0 Å². The third-order valence-electron chi connectivity index (χ3n) is 4.52. The molecule has 1 aromatic rings. The molecule has 1 fully saturated rings. The van der Waals surface area contributed by atoms with Crippen LogP contribution in [0, 0.1) is 5.92 Å². The maximum Gasteiger partial charge on any atom is 0.0973 e. The molecular formula is C16H25NO. The van der Waals surface area contributed by atoms with Crippen LogP contribution in [0.5, 0.6) is 0 Å². The molecule has 1 N–H and O–H groups in total. The third kappa shape index (κ3) is 2.45. The second kappa shape index (κ2) is 5.41. The van der Waals surface area contributed by atoms with Crippen LogP contribution in [0.1, 0.15) is 44.3 Å². The normalized spacial score (nSPS) is 30.4. The van der Waals surface area contributed by atoms with E-state index in [9.17, 15) is 5.11 Å². The summed E-state index contributed by atoms with van der Waals surface area (Å²) < 4.78 is 0. The van der Waals surface area contributed by atoms with Gasteiger partial charge in [0.15, 0.2) is 0 Å². The van der Waals surface area contributed by atoms with Gasteiger partial charge in [-0.15, -0.1) is 0 Å². The van der Waals surface area contributed by atoms with E-state index in [2.05, 4.69) is 25.9 Å². The Kier molecular flexibility index (Phi) is 4.08. The van der Waals surface area contributed by atoms with Gasteiger partial charge in [-0.05, 0) is 38.4 Å². The Morgan fingerprint density at radius 1 is 1.28 bits per heavy atom. The summed E-state index contributed by atoms with van der Waals surface area (Å²) in [5, 5.41) is 10.8. The molecule has 1 saturated carbocycles. The van der Waals surface area contributed by atoms with E-state index < -0.39 is 6.10 Å². The van der Waals surface area contributed by atoms with E-state index in [1.165, 1.54) is 12.8 Å². The second-order valence-electron chi connectivity index (χ2n) is 6.01. The predicted octanol–water partition coefficient (Wildman–Crippen LogP) is 3.23. The van der Waals surface area contributed by atoms with Gasteiger partial charge in [-0.25, -0.2) is 0 Å². The minimum atomic E-state index is -0.392. The minimum absolute atomic E-state index is 0.0982. The van der Waals surface area contributed by atoms with E-state index in [1.54, 1.807) is 0 Å². The lowest BCUT2D eigenvalue weighted by atomic mass is 9.71. The van der Waals surface area contributed by atoms with Crippen molar-refractivity contribution in [3.05, 3.63) is 35.9 Å². The lowest BCUT2D eigenvalue weighted by Gasteiger charge is -2.48. The SMILES string of the molecule is CC1CCCC(C(O)c2ccccc2)(N(C)C)C1. The molecule has 2 heteroatoms. The summed E-state index contributed by atoms with van der Waals surface area (Å²) in [6.07, 6.45) is 4.27.